The molecule has 0 saturated carbocycles. The second-order valence-electron chi connectivity index (χ2n) is 6.13. The van der Waals surface area contributed by atoms with Crippen molar-refractivity contribution in [1.82, 2.24) is 15.1 Å². The lowest BCUT2D eigenvalue weighted by molar-refractivity contribution is 0.186. The molecule has 9 nitrogen and oxygen atoms in total. The number of aromatic nitrogens is 2. The van der Waals surface area contributed by atoms with Crippen molar-refractivity contribution >= 4 is 38.3 Å². The Morgan fingerprint density at radius 3 is 2.27 bits per heavy atom. The van der Waals surface area contributed by atoms with E-state index in [1.807, 2.05) is 51.2 Å². The van der Waals surface area contributed by atoms with E-state index in [0.29, 0.717) is 43.4 Å². The van der Waals surface area contributed by atoms with Gasteiger partial charge in [0.05, 0.1) is 6.61 Å². The lowest BCUT2D eigenvalue weighted by Gasteiger charge is -2.17. The molecule has 2 aromatic rings. The van der Waals surface area contributed by atoms with Crippen molar-refractivity contribution in [3.8, 4) is 5.75 Å². The van der Waals surface area contributed by atoms with Crippen LogP contribution in [0.2, 0.25) is 0 Å². The molecule has 0 spiro atoms. The highest BCUT2D eigenvalue weighted by molar-refractivity contribution is 7.50. The van der Waals surface area contributed by atoms with Crippen molar-refractivity contribution in [2.75, 3.05) is 49.5 Å². The number of nitrogens with one attached hydrogen (secondary N) is 3. The smallest absolute Gasteiger partial charge is 0.224 e. The number of rotatable bonds is 13. The van der Waals surface area contributed by atoms with Gasteiger partial charge >= 0.3 is 0 Å². The van der Waals surface area contributed by atoms with Gasteiger partial charge in [0, 0.05) is 13.1 Å². The molecular formula is C23H40N7O2P. The molecule has 184 valence electrons. The van der Waals surface area contributed by atoms with Gasteiger partial charge < -0.3 is 25.6 Å². The van der Waals surface area contributed by atoms with E-state index in [4.69, 9.17) is 15.0 Å². The molecule has 0 aliphatic rings. The number of para-hydroxylation sites is 1. The van der Waals surface area contributed by atoms with E-state index in [9.17, 15) is 0 Å². The fourth-order valence-electron chi connectivity index (χ4n) is 2.17. The van der Waals surface area contributed by atoms with Crippen molar-refractivity contribution in [1.29, 1.82) is 0 Å². The predicted octanol–water partition coefficient (Wildman–Crippen LogP) is 5.43. The average Bonchev–Trinajstić information content (AvgIpc) is 2.84. The zero-order valence-electron chi connectivity index (χ0n) is 20.6. The summed E-state index contributed by atoms with van der Waals surface area (Å²) in [7, 11) is 0.921. The third-order valence-corrected chi connectivity index (χ3v) is 4.78. The highest BCUT2D eigenvalue weighted by Crippen LogP contribution is 2.33. The summed E-state index contributed by atoms with van der Waals surface area (Å²) in [6.07, 6.45) is 3.41. The van der Waals surface area contributed by atoms with Crippen LogP contribution in [0.5, 0.6) is 5.75 Å². The van der Waals surface area contributed by atoms with Gasteiger partial charge in [-0.25, -0.2) is 0 Å². The average molecular weight is 478 g/mol. The van der Waals surface area contributed by atoms with Crippen molar-refractivity contribution in [2.45, 2.75) is 34.1 Å². The number of nitrogens with two attached hydrogens (primary N) is 1. The zero-order chi connectivity index (χ0) is 24.9. The molecule has 2 rings (SSSR count). The Morgan fingerprint density at radius 1 is 1.12 bits per heavy atom. The largest absolute Gasteiger partial charge is 0.456 e. The van der Waals surface area contributed by atoms with Gasteiger partial charge in [0.1, 0.15) is 17.8 Å². The van der Waals surface area contributed by atoms with Gasteiger partial charge in [-0.2, -0.15) is 9.97 Å². The first-order chi connectivity index (χ1) is 16.1. The fraction of sp³-hybridized carbons (Fsp3) is 0.435. The molecule has 1 unspecified atom stereocenters. The lowest BCUT2D eigenvalue weighted by atomic mass is 10.3. The van der Waals surface area contributed by atoms with E-state index in [0.717, 1.165) is 5.75 Å². The van der Waals surface area contributed by atoms with Gasteiger partial charge in [0.15, 0.2) is 19.9 Å². The predicted molar refractivity (Wildman–Crippen MR) is 144 cm³/mol. The van der Waals surface area contributed by atoms with Crippen molar-refractivity contribution in [3.63, 3.8) is 0 Å². The van der Waals surface area contributed by atoms with Crippen LogP contribution in [-0.4, -0.2) is 49.8 Å². The third-order valence-electron chi connectivity index (χ3n) is 3.43. The number of hydrogen-bond acceptors (Lipinski definition) is 9. The lowest BCUT2D eigenvalue weighted by Crippen LogP contribution is -2.15. The zero-order valence-corrected chi connectivity index (χ0v) is 21.5. The van der Waals surface area contributed by atoms with E-state index >= 15 is 0 Å². The van der Waals surface area contributed by atoms with E-state index in [-0.39, 0.29) is 5.95 Å². The van der Waals surface area contributed by atoms with Crippen molar-refractivity contribution < 1.29 is 9.26 Å². The molecule has 0 radical (unpaired) electrons. The molecule has 0 fully saturated rings. The number of anilines is 3. The Balaban J connectivity index is 0.00000189. The highest BCUT2D eigenvalue weighted by Gasteiger charge is 2.12. The van der Waals surface area contributed by atoms with E-state index in [2.05, 4.69) is 57.8 Å². The quantitative estimate of drug-likeness (QED) is 0.131. The molecule has 1 heterocycles. The summed E-state index contributed by atoms with van der Waals surface area (Å²) in [6.45, 7) is 17.0. The van der Waals surface area contributed by atoms with Crippen LogP contribution in [-0.2, 0) is 4.74 Å². The molecule has 0 saturated heterocycles. The van der Waals surface area contributed by atoms with E-state index < -0.39 is 8.30 Å². The molecule has 1 atom stereocenters. The van der Waals surface area contributed by atoms with Crippen LogP contribution in [0.1, 0.15) is 34.1 Å². The van der Waals surface area contributed by atoms with Crippen LogP contribution >= 0.6 is 8.30 Å². The van der Waals surface area contributed by atoms with Gasteiger partial charge in [-0.15, -0.1) is 6.58 Å². The van der Waals surface area contributed by atoms with Crippen LogP contribution in [0.3, 0.4) is 0 Å². The van der Waals surface area contributed by atoms with Gasteiger partial charge in [-0.1, -0.05) is 58.4 Å². The molecule has 33 heavy (non-hydrogen) atoms. The van der Waals surface area contributed by atoms with Crippen LogP contribution in [0, 0.1) is 0 Å². The summed E-state index contributed by atoms with van der Waals surface area (Å²) < 4.78 is 11.6. The maximum Gasteiger partial charge on any atom is 0.224 e. The molecule has 5 N–H and O–H groups in total. The first kappa shape index (κ1) is 30.3. The van der Waals surface area contributed by atoms with Gasteiger partial charge in [-0.05, 0) is 25.9 Å². The van der Waals surface area contributed by atoms with Crippen LogP contribution in [0.25, 0.3) is 0 Å². The molecule has 1 aromatic carbocycles. The summed E-state index contributed by atoms with van der Waals surface area (Å²) in [4.78, 5) is 12.3. The summed E-state index contributed by atoms with van der Waals surface area (Å²) >= 11 is 0. The third kappa shape index (κ3) is 12.8. The molecule has 0 aliphatic heterocycles. The highest BCUT2D eigenvalue weighted by atomic mass is 31.2. The van der Waals surface area contributed by atoms with Crippen LogP contribution < -0.4 is 26.0 Å². The standard InChI is InChI=1S/C18H26N7O2P.C3H8.C2H6/c1-4-10-22-16-15(20-2)17(25-18(19)24-16)23-11-12-26-13-28(21-3)27-14-8-6-5-7-9-14;1-3-2;1-2/h4-9,21H,1-2,10-13H2,3H3,(H4,19,22,23,24,25);3H2,1-2H3;1-2H3. The summed E-state index contributed by atoms with van der Waals surface area (Å²) in [5, 5.41) is 9.35. The number of nitrogens with zero attached hydrogens (tertiary/aromatic N) is 3. The normalized spacial score (nSPS) is 10.5. The summed E-state index contributed by atoms with van der Waals surface area (Å²) in [5.74, 6) is 1.94. The maximum absolute atomic E-state index is 5.87. The SMILES string of the molecule is C=CCNc1nc(N)nc(NCCOCP(NC)Oc2ccccc2)c1N=C.CC.CCC. The Bertz CT molecular complexity index is 779. The fourth-order valence-corrected chi connectivity index (χ4v) is 3.12. The van der Waals surface area contributed by atoms with Crippen LogP contribution in [0.15, 0.2) is 48.0 Å². The molecule has 0 bridgehead atoms. The molecular weight excluding hydrogens is 437 g/mol. The first-order valence-corrected chi connectivity index (χ1v) is 12.5. The first-order valence-electron chi connectivity index (χ1n) is 11.1. The molecule has 1 aromatic heterocycles. The maximum atomic E-state index is 5.87. The van der Waals surface area contributed by atoms with E-state index in [1.165, 1.54) is 6.42 Å². The van der Waals surface area contributed by atoms with Crippen LogP contribution in [0.4, 0.5) is 23.3 Å². The molecule has 10 heteroatoms. The van der Waals surface area contributed by atoms with Crippen molar-refractivity contribution in [2.24, 2.45) is 4.99 Å². The number of benzene rings is 1. The van der Waals surface area contributed by atoms with Gasteiger partial charge in [-0.3, -0.25) is 10.1 Å². The van der Waals surface area contributed by atoms with E-state index in [1.54, 1.807) is 6.08 Å². The van der Waals surface area contributed by atoms with Gasteiger partial charge in [0.2, 0.25) is 5.95 Å². The monoisotopic (exact) mass is 477 g/mol. The second-order valence-corrected chi connectivity index (χ2v) is 7.78. The minimum Gasteiger partial charge on any atom is -0.456 e. The minimum atomic E-state index is -0.926. The number of nitrogen functional groups attached to an aromatic ring is 1. The van der Waals surface area contributed by atoms with Gasteiger partial charge in [0.25, 0.3) is 0 Å². The Hall–Kier alpha value is -2.74. The Morgan fingerprint density at radius 2 is 1.73 bits per heavy atom. The number of aliphatic imine (C=N–C) groups is 1. The topological polar surface area (TPSA) is 119 Å². The summed E-state index contributed by atoms with van der Waals surface area (Å²) in [5.41, 5.74) is 6.27. The minimum absolute atomic E-state index is 0.136. The Kier molecular flexibility index (Phi) is 18.3. The number of hydrogen-bond donors (Lipinski definition) is 4. The molecule has 0 aliphatic carbocycles. The number of ether oxygens (including phenoxy) is 1. The van der Waals surface area contributed by atoms with Crippen molar-refractivity contribution in [3.05, 3.63) is 43.0 Å². The second kappa shape index (κ2) is 19.9. The summed E-state index contributed by atoms with van der Waals surface area (Å²) in [6, 6.07) is 9.63. The Labute approximate surface area is 200 Å². The molecule has 0 amide bonds.